The van der Waals surface area contributed by atoms with Gasteiger partial charge in [-0.15, -0.1) is 0 Å². The van der Waals surface area contributed by atoms with E-state index in [0.717, 1.165) is 27.7 Å². The van der Waals surface area contributed by atoms with Crippen molar-refractivity contribution in [3.05, 3.63) is 204 Å². The number of anilines is 3. The van der Waals surface area contributed by atoms with E-state index in [4.69, 9.17) is 4.98 Å². The number of pyridine rings is 1. The zero-order valence-electron chi connectivity index (χ0n) is 29.0. The molecular formula is C47H38N6. The third-order valence-corrected chi connectivity index (χ3v) is 10.6. The number of nitrogens with zero attached hydrogens (tertiary/aromatic N) is 2. The summed E-state index contributed by atoms with van der Waals surface area (Å²) < 4.78 is 0. The molecule has 3 atom stereocenters. The quantitative estimate of drug-likeness (QED) is 0.131. The molecule has 4 N–H and O–H groups in total. The molecule has 8 aromatic rings. The lowest BCUT2D eigenvalue weighted by Crippen LogP contribution is -2.54. The summed E-state index contributed by atoms with van der Waals surface area (Å²) in [6.07, 6.45) is 1.75. The molecule has 2 aliphatic rings. The van der Waals surface area contributed by atoms with E-state index in [-0.39, 0.29) is 24.7 Å². The highest BCUT2D eigenvalue weighted by Gasteiger charge is 2.35. The number of hydrogen-bond donors (Lipinski definition) is 4. The van der Waals surface area contributed by atoms with Crippen LogP contribution in [0, 0.1) is 0 Å². The standard InChI is InChI=1S/C47H38N6/c1-4-13-33(14-5-1)44-50-45(34-15-6-2-7-16-34)52-46(51-44)35-26-22-31(23-27-35)32-24-28-36(29-25-32)47-49-42-40-21-12-30-48-41(40)38-19-10-11-20-39(38)43(42)53(47)37-17-8-3-9-18-37/h1-30,44-47,49-52H. The Balaban J connectivity index is 0.958. The summed E-state index contributed by atoms with van der Waals surface area (Å²) in [5.41, 5.74) is 11.6. The Labute approximate surface area is 309 Å². The fraction of sp³-hybridized carbons (Fsp3) is 0.0851. The van der Waals surface area contributed by atoms with Crippen LogP contribution < -0.4 is 26.2 Å². The smallest absolute Gasteiger partial charge is 0.130 e. The first-order chi connectivity index (χ1) is 26.3. The summed E-state index contributed by atoms with van der Waals surface area (Å²) in [4.78, 5) is 7.27. The Kier molecular flexibility index (Phi) is 7.91. The van der Waals surface area contributed by atoms with Crippen molar-refractivity contribution in [2.45, 2.75) is 24.7 Å². The van der Waals surface area contributed by atoms with E-state index in [1.165, 1.54) is 44.5 Å². The number of para-hydroxylation sites is 1. The van der Waals surface area contributed by atoms with E-state index in [2.05, 4.69) is 196 Å². The van der Waals surface area contributed by atoms with Gasteiger partial charge in [-0.05, 0) is 57.6 Å². The molecular weight excluding hydrogens is 649 g/mol. The molecule has 0 amide bonds. The second-order valence-corrected chi connectivity index (χ2v) is 13.8. The van der Waals surface area contributed by atoms with Gasteiger partial charge in [0.2, 0.25) is 0 Å². The first-order valence-electron chi connectivity index (χ1n) is 18.3. The summed E-state index contributed by atoms with van der Waals surface area (Å²) in [7, 11) is 0. The highest BCUT2D eigenvalue weighted by atomic mass is 15.4. The van der Waals surface area contributed by atoms with Crippen LogP contribution in [0.1, 0.15) is 46.9 Å². The average molecular weight is 687 g/mol. The van der Waals surface area contributed by atoms with Crippen molar-refractivity contribution in [1.29, 1.82) is 0 Å². The van der Waals surface area contributed by atoms with E-state index < -0.39 is 0 Å². The normalized spacial score (nSPS) is 19.6. The van der Waals surface area contributed by atoms with Gasteiger partial charge < -0.3 is 10.2 Å². The fourth-order valence-electron chi connectivity index (χ4n) is 8.04. The van der Waals surface area contributed by atoms with Gasteiger partial charge in [0.25, 0.3) is 0 Å². The molecule has 6 nitrogen and oxygen atoms in total. The lowest BCUT2D eigenvalue weighted by molar-refractivity contribution is 0.203. The second kappa shape index (κ2) is 13.3. The fourth-order valence-corrected chi connectivity index (χ4v) is 8.04. The van der Waals surface area contributed by atoms with Crippen molar-refractivity contribution in [2.75, 3.05) is 10.2 Å². The molecule has 3 unspecified atom stereocenters. The zero-order valence-corrected chi connectivity index (χ0v) is 29.0. The number of benzene rings is 7. The first kappa shape index (κ1) is 31.4. The van der Waals surface area contributed by atoms with Crippen LogP contribution in [0.25, 0.3) is 32.8 Å². The minimum absolute atomic E-state index is 0.00194. The molecule has 53 heavy (non-hydrogen) atoms. The lowest BCUT2D eigenvalue weighted by atomic mass is 9.99. The molecule has 10 rings (SSSR count). The van der Waals surface area contributed by atoms with Crippen LogP contribution in [-0.4, -0.2) is 4.98 Å². The van der Waals surface area contributed by atoms with Crippen LogP contribution >= 0.6 is 0 Å². The maximum absolute atomic E-state index is 4.83. The minimum atomic E-state index is -0.0924. The Bertz CT molecular complexity index is 2480. The van der Waals surface area contributed by atoms with E-state index in [1.54, 1.807) is 0 Å². The van der Waals surface area contributed by atoms with Crippen molar-refractivity contribution in [2.24, 2.45) is 0 Å². The summed E-state index contributed by atoms with van der Waals surface area (Å²) in [5.74, 6) is 0. The molecule has 0 saturated carbocycles. The van der Waals surface area contributed by atoms with Crippen LogP contribution in [0.4, 0.5) is 17.1 Å². The van der Waals surface area contributed by atoms with Crippen molar-refractivity contribution >= 4 is 38.7 Å². The van der Waals surface area contributed by atoms with Crippen LogP contribution in [0.5, 0.6) is 0 Å². The predicted octanol–water partition coefficient (Wildman–Crippen LogP) is 10.5. The zero-order chi connectivity index (χ0) is 35.1. The molecule has 0 radical (unpaired) electrons. The Hall–Kier alpha value is -6.31. The van der Waals surface area contributed by atoms with Crippen molar-refractivity contribution in [3.63, 3.8) is 0 Å². The van der Waals surface area contributed by atoms with Gasteiger partial charge >= 0.3 is 0 Å². The molecule has 1 fully saturated rings. The summed E-state index contributed by atoms with van der Waals surface area (Å²) in [5, 5.41) is 18.7. The van der Waals surface area contributed by atoms with Gasteiger partial charge in [0.1, 0.15) is 6.17 Å². The Morgan fingerprint density at radius 1 is 0.415 bits per heavy atom. The van der Waals surface area contributed by atoms with Gasteiger partial charge in [-0.2, -0.15) is 0 Å². The third-order valence-electron chi connectivity index (χ3n) is 10.6. The summed E-state index contributed by atoms with van der Waals surface area (Å²) in [6.45, 7) is 0. The van der Waals surface area contributed by atoms with Crippen molar-refractivity contribution < 1.29 is 0 Å². The minimum Gasteiger partial charge on any atom is -0.359 e. The number of aromatic nitrogens is 1. The predicted molar refractivity (Wildman–Crippen MR) is 217 cm³/mol. The summed E-state index contributed by atoms with van der Waals surface area (Å²) in [6, 6.07) is 62.6. The first-order valence-corrected chi connectivity index (χ1v) is 18.3. The maximum atomic E-state index is 4.83. The monoisotopic (exact) mass is 686 g/mol. The molecule has 7 aromatic carbocycles. The number of hydrogen-bond acceptors (Lipinski definition) is 6. The summed E-state index contributed by atoms with van der Waals surface area (Å²) >= 11 is 0. The molecule has 0 aliphatic carbocycles. The lowest BCUT2D eigenvalue weighted by Gasteiger charge is -2.39. The van der Waals surface area contributed by atoms with E-state index in [9.17, 15) is 0 Å². The van der Waals surface area contributed by atoms with Crippen LogP contribution in [-0.2, 0) is 0 Å². The number of fused-ring (bicyclic) bond motifs is 6. The molecule has 3 heterocycles. The molecule has 256 valence electrons. The number of nitrogens with one attached hydrogen (secondary N) is 4. The third kappa shape index (κ3) is 5.70. The average Bonchev–Trinajstić information content (AvgIpc) is 3.66. The van der Waals surface area contributed by atoms with E-state index >= 15 is 0 Å². The topological polar surface area (TPSA) is 64.2 Å². The molecule has 0 spiro atoms. The SMILES string of the molecule is c1ccc(C2NC(c3ccccc3)NC(c3ccc(-c4ccc(C5Nc6c(c7ccccc7c7ncccc67)N5c5ccccc5)cc4)cc3)N2)cc1. The van der Waals surface area contributed by atoms with Gasteiger partial charge in [-0.3, -0.25) is 20.9 Å². The van der Waals surface area contributed by atoms with Crippen LogP contribution in [0.2, 0.25) is 0 Å². The molecule has 1 saturated heterocycles. The number of rotatable bonds is 6. The Morgan fingerprint density at radius 2 is 0.887 bits per heavy atom. The van der Waals surface area contributed by atoms with E-state index in [1.807, 2.05) is 12.3 Å². The van der Waals surface area contributed by atoms with Crippen molar-refractivity contribution in [1.82, 2.24) is 20.9 Å². The van der Waals surface area contributed by atoms with Crippen LogP contribution in [0.3, 0.4) is 0 Å². The van der Waals surface area contributed by atoms with Gasteiger partial charge in [-0.25, -0.2) is 0 Å². The van der Waals surface area contributed by atoms with Gasteiger partial charge in [-0.1, -0.05) is 152 Å². The van der Waals surface area contributed by atoms with Gasteiger partial charge in [0.15, 0.2) is 0 Å². The van der Waals surface area contributed by atoms with E-state index in [0.29, 0.717) is 0 Å². The molecule has 2 aliphatic heterocycles. The Morgan fingerprint density at radius 3 is 1.47 bits per heavy atom. The molecule has 6 heteroatoms. The molecule has 1 aromatic heterocycles. The van der Waals surface area contributed by atoms with Gasteiger partial charge in [0, 0.05) is 28.0 Å². The van der Waals surface area contributed by atoms with Crippen molar-refractivity contribution in [3.8, 4) is 11.1 Å². The van der Waals surface area contributed by atoms with Crippen LogP contribution in [0.15, 0.2) is 182 Å². The second-order valence-electron chi connectivity index (χ2n) is 13.8. The highest BCUT2D eigenvalue weighted by Crippen LogP contribution is 2.53. The molecule has 0 bridgehead atoms. The highest BCUT2D eigenvalue weighted by molar-refractivity contribution is 6.20. The maximum Gasteiger partial charge on any atom is 0.130 e. The largest absolute Gasteiger partial charge is 0.359 e. The van der Waals surface area contributed by atoms with Gasteiger partial charge in [0.05, 0.1) is 35.4 Å².